The van der Waals surface area contributed by atoms with Crippen LogP contribution in [0, 0.1) is 0 Å². The van der Waals surface area contributed by atoms with Gasteiger partial charge in [0.25, 0.3) is 0 Å². The highest BCUT2D eigenvalue weighted by atomic mass is 19.1. The summed E-state index contributed by atoms with van der Waals surface area (Å²) < 4.78 is 16.7. The normalized spacial score (nSPS) is 13.5. The second kappa shape index (κ2) is 5.05. The maximum atomic E-state index is 11.8. The summed E-state index contributed by atoms with van der Waals surface area (Å²) in [7, 11) is 0. The molecule has 5 heteroatoms. The zero-order valence-corrected chi connectivity index (χ0v) is 8.67. The summed E-state index contributed by atoms with van der Waals surface area (Å²) in [5.74, 6) is -1.37. The first-order valence-electron chi connectivity index (χ1n) is 4.32. The molecular formula is C9H16FNO3. The highest BCUT2D eigenvalue weighted by Gasteiger charge is 2.23. The molecule has 82 valence electrons. The molecule has 0 saturated carbocycles. The van der Waals surface area contributed by atoms with Crippen LogP contribution in [0.25, 0.3) is 0 Å². The van der Waals surface area contributed by atoms with Gasteiger partial charge in [-0.3, -0.25) is 9.59 Å². The highest BCUT2D eigenvalue weighted by Crippen LogP contribution is 2.08. The highest BCUT2D eigenvalue weighted by molar-refractivity contribution is 5.87. The topological polar surface area (TPSA) is 69.4 Å². The van der Waals surface area contributed by atoms with Crippen molar-refractivity contribution in [1.82, 2.24) is 0 Å². The van der Waals surface area contributed by atoms with Crippen molar-refractivity contribution in [2.45, 2.75) is 38.8 Å². The Morgan fingerprint density at radius 3 is 2.29 bits per heavy atom. The lowest BCUT2D eigenvalue weighted by molar-refractivity contribution is -0.157. The average Bonchev–Trinajstić information content (AvgIpc) is 2.00. The number of rotatable bonds is 4. The molecule has 4 nitrogen and oxygen atoms in total. The van der Waals surface area contributed by atoms with Crippen LogP contribution in [0.2, 0.25) is 0 Å². The molecule has 0 saturated heterocycles. The lowest BCUT2D eigenvalue weighted by Gasteiger charge is -2.21. The predicted molar refractivity (Wildman–Crippen MR) is 49.4 cm³/mol. The summed E-state index contributed by atoms with van der Waals surface area (Å²) in [5.41, 5.74) is 4.69. The van der Waals surface area contributed by atoms with E-state index in [9.17, 15) is 14.0 Å². The number of ketones is 1. The van der Waals surface area contributed by atoms with E-state index in [0.717, 1.165) is 0 Å². The summed E-state index contributed by atoms with van der Waals surface area (Å²) in [5, 5.41) is 0. The zero-order valence-electron chi connectivity index (χ0n) is 8.67. The molecule has 14 heavy (non-hydrogen) atoms. The molecule has 0 aromatic carbocycles. The monoisotopic (exact) mass is 205 g/mol. The van der Waals surface area contributed by atoms with E-state index in [1.807, 2.05) is 0 Å². The molecular weight excluding hydrogens is 189 g/mol. The Balaban J connectivity index is 4.07. The molecule has 0 spiro atoms. The van der Waals surface area contributed by atoms with E-state index in [1.54, 1.807) is 20.8 Å². The first-order chi connectivity index (χ1) is 6.26. The smallest absolute Gasteiger partial charge is 0.323 e. The summed E-state index contributed by atoms with van der Waals surface area (Å²) >= 11 is 0. The first-order valence-corrected chi connectivity index (χ1v) is 4.32. The molecule has 0 aromatic heterocycles. The molecule has 1 atom stereocenters. The van der Waals surface area contributed by atoms with Gasteiger partial charge in [-0.2, -0.15) is 0 Å². The fourth-order valence-corrected chi connectivity index (χ4v) is 0.761. The third kappa shape index (κ3) is 5.64. The van der Waals surface area contributed by atoms with Crippen molar-refractivity contribution in [3.8, 4) is 0 Å². The molecule has 2 N–H and O–H groups in total. The number of esters is 1. The van der Waals surface area contributed by atoms with Crippen molar-refractivity contribution in [3.63, 3.8) is 0 Å². The lowest BCUT2D eigenvalue weighted by atomic mass is 10.1. The van der Waals surface area contributed by atoms with Crippen LogP contribution in [-0.2, 0) is 14.3 Å². The zero-order chi connectivity index (χ0) is 11.4. The van der Waals surface area contributed by atoms with E-state index in [-0.39, 0.29) is 6.42 Å². The second-order valence-electron chi connectivity index (χ2n) is 4.02. The van der Waals surface area contributed by atoms with Gasteiger partial charge in [0.2, 0.25) is 0 Å². The van der Waals surface area contributed by atoms with E-state index < -0.39 is 30.1 Å². The first kappa shape index (κ1) is 13.0. The Bertz CT molecular complexity index is 223. The maximum absolute atomic E-state index is 11.8. The number of hydrogen-bond acceptors (Lipinski definition) is 4. The van der Waals surface area contributed by atoms with Crippen LogP contribution in [0.15, 0.2) is 0 Å². The molecule has 0 heterocycles. The van der Waals surface area contributed by atoms with Crippen molar-refractivity contribution in [3.05, 3.63) is 0 Å². The summed E-state index contributed by atoms with van der Waals surface area (Å²) in [6.45, 7) is 3.97. The number of ether oxygens (including phenoxy) is 1. The molecule has 0 aliphatic heterocycles. The van der Waals surface area contributed by atoms with Crippen molar-refractivity contribution < 1.29 is 18.7 Å². The van der Waals surface area contributed by atoms with Gasteiger partial charge in [-0.1, -0.05) is 0 Å². The fraction of sp³-hybridized carbons (Fsp3) is 0.778. The number of carbonyl (C=O) groups excluding carboxylic acids is 2. The van der Waals surface area contributed by atoms with Crippen LogP contribution >= 0.6 is 0 Å². The van der Waals surface area contributed by atoms with Gasteiger partial charge in [0.05, 0.1) is 0 Å². The van der Waals surface area contributed by atoms with Crippen LogP contribution in [0.3, 0.4) is 0 Å². The standard InChI is InChI=1S/C9H16FNO3/c1-9(2,3)14-8(13)7(11)4-6(12)5-10/h7H,4-5,11H2,1-3H3. The maximum Gasteiger partial charge on any atom is 0.323 e. The quantitative estimate of drug-likeness (QED) is 0.682. The van der Waals surface area contributed by atoms with E-state index in [2.05, 4.69) is 0 Å². The van der Waals surface area contributed by atoms with E-state index >= 15 is 0 Å². The Labute approximate surface area is 82.6 Å². The third-order valence-corrected chi connectivity index (χ3v) is 1.31. The van der Waals surface area contributed by atoms with E-state index in [1.165, 1.54) is 0 Å². The molecule has 1 unspecified atom stereocenters. The van der Waals surface area contributed by atoms with Crippen molar-refractivity contribution >= 4 is 11.8 Å². The Morgan fingerprint density at radius 1 is 1.43 bits per heavy atom. The largest absolute Gasteiger partial charge is 0.459 e. The van der Waals surface area contributed by atoms with Crippen LogP contribution in [0.1, 0.15) is 27.2 Å². The number of alkyl halides is 1. The minimum atomic E-state index is -1.10. The van der Waals surface area contributed by atoms with Crippen LogP contribution < -0.4 is 5.73 Å². The molecule has 0 aromatic rings. The minimum absolute atomic E-state index is 0.314. The molecule has 0 bridgehead atoms. The van der Waals surface area contributed by atoms with Gasteiger partial charge in [0.1, 0.15) is 18.3 Å². The number of Topliss-reactive ketones (excluding diaryl/α,β-unsaturated/α-hetero) is 1. The van der Waals surface area contributed by atoms with Crippen LogP contribution in [0.4, 0.5) is 4.39 Å². The van der Waals surface area contributed by atoms with Gasteiger partial charge in [-0.05, 0) is 20.8 Å². The molecule has 0 amide bonds. The van der Waals surface area contributed by atoms with Gasteiger partial charge >= 0.3 is 5.97 Å². The van der Waals surface area contributed by atoms with Crippen molar-refractivity contribution in [2.75, 3.05) is 6.67 Å². The molecule has 0 aliphatic carbocycles. The Kier molecular flexibility index (Phi) is 4.70. The molecule has 0 rings (SSSR count). The average molecular weight is 205 g/mol. The van der Waals surface area contributed by atoms with Crippen LogP contribution in [0.5, 0.6) is 0 Å². The van der Waals surface area contributed by atoms with E-state index in [0.29, 0.717) is 0 Å². The number of halogens is 1. The van der Waals surface area contributed by atoms with E-state index in [4.69, 9.17) is 10.5 Å². The molecule has 0 aliphatic rings. The summed E-state index contributed by atoms with van der Waals surface area (Å²) in [6.07, 6.45) is -0.314. The van der Waals surface area contributed by atoms with Gasteiger partial charge in [0, 0.05) is 6.42 Å². The van der Waals surface area contributed by atoms with Gasteiger partial charge in [0.15, 0.2) is 5.78 Å². The van der Waals surface area contributed by atoms with Crippen LogP contribution in [-0.4, -0.2) is 30.1 Å². The number of nitrogens with two attached hydrogens (primary N) is 1. The Morgan fingerprint density at radius 2 is 1.93 bits per heavy atom. The van der Waals surface area contributed by atoms with Gasteiger partial charge in [-0.25, -0.2) is 4.39 Å². The summed E-state index contributed by atoms with van der Waals surface area (Å²) in [6, 6.07) is -1.07. The van der Waals surface area contributed by atoms with Crippen molar-refractivity contribution in [1.29, 1.82) is 0 Å². The van der Waals surface area contributed by atoms with Gasteiger partial charge < -0.3 is 10.5 Å². The lowest BCUT2D eigenvalue weighted by Crippen LogP contribution is -2.39. The Hall–Kier alpha value is -0.970. The third-order valence-electron chi connectivity index (χ3n) is 1.31. The second-order valence-corrected chi connectivity index (χ2v) is 4.02. The fourth-order valence-electron chi connectivity index (χ4n) is 0.761. The number of hydrogen-bond donors (Lipinski definition) is 1. The SMILES string of the molecule is CC(C)(C)OC(=O)C(N)CC(=O)CF. The summed E-state index contributed by atoms with van der Waals surface area (Å²) in [4.78, 5) is 21.8. The van der Waals surface area contributed by atoms with Gasteiger partial charge in [-0.15, -0.1) is 0 Å². The molecule has 0 fully saturated rings. The minimum Gasteiger partial charge on any atom is -0.459 e. The predicted octanol–water partition coefficient (Wildman–Crippen LogP) is 0.584. The molecule has 0 radical (unpaired) electrons. The number of carbonyl (C=O) groups is 2. The van der Waals surface area contributed by atoms with Crippen molar-refractivity contribution in [2.24, 2.45) is 5.73 Å².